The van der Waals surface area contributed by atoms with E-state index in [0.717, 1.165) is 25.3 Å². The van der Waals surface area contributed by atoms with E-state index in [4.69, 9.17) is 0 Å². The molecule has 3 N–H and O–H groups in total. The number of hydrogen-bond donors (Lipinski definition) is 3. The van der Waals surface area contributed by atoms with Gasteiger partial charge in [-0.2, -0.15) is 0 Å². The van der Waals surface area contributed by atoms with E-state index >= 15 is 0 Å². The Hall–Kier alpha value is -1.26. The number of nitrogens with one attached hydrogen (secondary N) is 3. The molecule has 0 aliphatic rings. The third kappa shape index (κ3) is 6.28. The highest BCUT2D eigenvalue weighted by molar-refractivity contribution is 5.79. The number of amides is 1. The van der Waals surface area contributed by atoms with Crippen LogP contribution in [0.5, 0.6) is 0 Å². The van der Waals surface area contributed by atoms with Crippen LogP contribution < -0.4 is 16.0 Å². The minimum Gasteiger partial charge on any atom is -0.359 e. The molecule has 0 rings (SSSR count). The first-order chi connectivity index (χ1) is 6.74. The molecule has 0 unspecified atom stereocenters. The topological polar surface area (TPSA) is 65.5 Å². The summed E-state index contributed by atoms with van der Waals surface area (Å²) in [5.41, 5.74) is 0. The number of guanidine groups is 1. The van der Waals surface area contributed by atoms with Gasteiger partial charge in [0.25, 0.3) is 0 Å². The van der Waals surface area contributed by atoms with E-state index in [1.807, 2.05) is 7.05 Å². The van der Waals surface area contributed by atoms with Crippen LogP contribution in [0.4, 0.5) is 0 Å². The Kier molecular flexibility index (Phi) is 7.59. The van der Waals surface area contributed by atoms with Gasteiger partial charge in [-0.05, 0) is 12.8 Å². The average Bonchev–Trinajstić information content (AvgIpc) is 2.23. The molecule has 0 aliphatic heterocycles. The summed E-state index contributed by atoms with van der Waals surface area (Å²) in [6, 6.07) is 0. The van der Waals surface area contributed by atoms with E-state index in [-0.39, 0.29) is 5.91 Å². The van der Waals surface area contributed by atoms with E-state index in [1.54, 1.807) is 14.1 Å². The van der Waals surface area contributed by atoms with Crippen LogP contribution in [-0.4, -0.2) is 39.6 Å². The Labute approximate surface area is 85.4 Å². The first-order valence-electron chi connectivity index (χ1n) is 4.83. The lowest BCUT2D eigenvalue weighted by Gasteiger charge is -2.07. The molecule has 1 amide bonds. The van der Waals surface area contributed by atoms with Gasteiger partial charge in [0.15, 0.2) is 5.96 Å². The van der Waals surface area contributed by atoms with Crippen molar-refractivity contribution in [2.45, 2.75) is 19.3 Å². The van der Waals surface area contributed by atoms with Gasteiger partial charge in [-0.3, -0.25) is 9.79 Å². The molecular weight excluding hydrogens is 180 g/mol. The van der Waals surface area contributed by atoms with Crippen LogP contribution in [0.25, 0.3) is 0 Å². The Bertz CT molecular complexity index is 191. The summed E-state index contributed by atoms with van der Waals surface area (Å²) in [4.78, 5) is 14.8. The lowest BCUT2D eigenvalue weighted by atomic mass is 10.2. The van der Waals surface area contributed by atoms with Gasteiger partial charge in [0, 0.05) is 34.1 Å². The number of aliphatic imine (C=N–C) groups is 1. The zero-order valence-electron chi connectivity index (χ0n) is 9.18. The van der Waals surface area contributed by atoms with E-state index in [9.17, 15) is 4.79 Å². The highest BCUT2D eigenvalue weighted by Gasteiger charge is 1.97. The number of rotatable bonds is 5. The fraction of sp³-hybridized carbons (Fsp3) is 0.778. The maximum absolute atomic E-state index is 10.9. The van der Waals surface area contributed by atoms with E-state index in [0.29, 0.717) is 6.42 Å². The van der Waals surface area contributed by atoms with Crippen LogP contribution in [0.2, 0.25) is 0 Å². The quantitative estimate of drug-likeness (QED) is 0.324. The fourth-order valence-corrected chi connectivity index (χ4v) is 1.02. The molecule has 5 nitrogen and oxygen atoms in total. The molecule has 0 radical (unpaired) electrons. The molecule has 82 valence electrons. The number of nitrogens with zero attached hydrogens (tertiary/aromatic N) is 1. The van der Waals surface area contributed by atoms with Gasteiger partial charge < -0.3 is 16.0 Å². The van der Waals surface area contributed by atoms with Crippen molar-refractivity contribution in [3.05, 3.63) is 0 Å². The van der Waals surface area contributed by atoms with E-state index in [1.165, 1.54) is 0 Å². The van der Waals surface area contributed by atoms with Crippen LogP contribution >= 0.6 is 0 Å². The van der Waals surface area contributed by atoms with Gasteiger partial charge >= 0.3 is 0 Å². The maximum atomic E-state index is 10.9. The van der Waals surface area contributed by atoms with Gasteiger partial charge in [0.2, 0.25) is 5.91 Å². The van der Waals surface area contributed by atoms with Crippen LogP contribution in [0.3, 0.4) is 0 Å². The number of carbonyl (C=O) groups is 1. The van der Waals surface area contributed by atoms with Gasteiger partial charge in [-0.1, -0.05) is 0 Å². The highest BCUT2D eigenvalue weighted by atomic mass is 16.1. The molecule has 14 heavy (non-hydrogen) atoms. The Balaban J connectivity index is 3.33. The normalized spacial score (nSPS) is 10.9. The SMILES string of the molecule is C/N=C(\NC)NCCCCC(=O)NC. The summed E-state index contributed by atoms with van der Waals surface area (Å²) in [5.74, 6) is 0.882. The molecule has 0 saturated heterocycles. The molecule has 0 saturated carbocycles. The first-order valence-corrected chi connectivity index (χ1v) is 4.83. The molecule has 5 heteroatoms. The van der Waals surface area contributed by atoms with Crippen molar-refractivity contribution in [3.63, 3.8) is 0 Å². The monoisotopic (exact) mass is 200 g/mol. The van der Waals surface area contributed by atoms with Crippen LogP contribution in [0, 0.1) is 0 Å². The van der Waals surface area contributed by atoms with E-state index < -0.39 is 0 Å². The van der Waals surface area contributed by atoms with Crippen LogP contribution in [0.1, 0.15) is 19.3 Å². The lowest BCUT2D eigenvalue weighted by molar-refractivity contribution is -0.120. The molecule has 0 bridgehead atoms. The summed E-state index contributed by atoms with van der Waals surface area (Å²) in [6.45, 7) is 0.838. The smallest absolute Gasteiger partial charge is 0.219 e. The molecule has 0 aromatic carbocycles. The number of carbonyl (C=O) groups excluding carboxylic acids is 1. The second-order valence-corrected chi connectivity index (χ2v) is 2.88. The van der Waals surface area contributed by atoms with Crippen molar-refractivity contribution in [3.8, 4) is 0 Å². The summed E-state index contributed by atoms with van der Waals surface area (Å²) in [6.07, 6.45) is 2.46. The average molecular weight is 200 g/mol. The molecular formula is C9H20N4O. The minimum absolute atomic E-state index is 0.1000. The highest BCUT2D eigenvalue weighted by Crippen LogP contribution is 1.93. The standard InChI is InChI=1S/C9H20N4O/c1-10-8(14)6-4-5-7-13-9(11-2)12-3/h4-7H2,1-3H3,(H,10,14)(H2,11,12,13). The third-order valence-corrected chi connectivity index (χ3v) is 1.86. The molecule has 0 aromatic heterocycles. The molecule has 0 fully saturated rings. The summed E-state index contributed by atoms with van der Waals surface area (Å²) < 4.78 is 0. The second kappa shape index (κ2) is 8.34. The van der Waals surface area contributed by atoms with Crippen molar-refractivity contribution >= 4 is 11.9 Å². The summed E-state index contributed by atoms with van der Waals surface area (Å²) >= 11 is 0. The predicted octanol–water partition coefficient (Wildman–Crippen LogP) is -0.302. The Morgan fingerprint density at radius 3 is 2.43 bits per heavy atom. The predicted molar refractivity (Wildman–Crippen MR) is 58.3 cm³/mol. The van der Waals surface area contributed by atoms with Gasteiger partial charge in [0.05, 0.1) is 0 Å². The van der Waals surface area contributed by atoms with Crippen LogP contribution in [0.15, 0.2) is 4.99 Å². The zero-order valence-corrected chi connectivity index (χ0v) is 9.18. The molecule has 0 atom stereocenters. The third-order valence-electron chi connectivity index (χ3n) is 1.86. The molecule has 0 heterocycles. The number of hydrogen-bond acceptors (Lipinski definition) is 2. The van der Waals surface area contributed by atoms with Gasteiger partial charge in [-0.25, -0.2) is 0 Å². The number of unbranched alkanes of at least 4 members (excludes halogenated alkanes) is 1. The molecule has 0 aliphatic carbocycles. The van der Waals surface area contributed by atoms with Gasteiger partial charge in [0.1, 0.15) is 0 Å². The van der Waals surface area contributed by atoms with Crippen molar-refractivity contribution in [2.75, 3.05) is 27.7 Å². The van der Waals surface area contributed by atoms with Crippen molar-refractivity contribution in [1.29, 1.82) is 0 Å². The molecule has 0 spiro atoms. The Morgan fingerprint density at radius 2 is 1.93 bits per heavy atom. The maximum Gasteiger partial charge on any atom is 0.219 e. The Morgan fingerprint density at radius 1 is 1.21 bits per heavy atom. The first kappa shape index (κ1) is 12.7. The fourth-order valence-electron chi connectivity index (χ4n) is 1.02. The van der Waals surface area contributed by atoms with Crippen molar-refractivity contribution in [1.82, 2.24) is 16.0 Å². The summed E-state index contributed by atoms with van der Waals surface area (Å²) in [5, 5.41) is 8.63. The minimum atomic E-state index is 0.1000. The van der Waals surface area contributed by atoms with Gasteiger partial charge in [-0.15, -0.1) is 0 Å². The largest absolute Gasteiger partial charge is 0.359 e. The zero-order chi connectivity index (χ0) is 10.8. The van der Waals surface area contributed by atoms with E-state index in [2.05, 4.69) is 20.9 Å². The lowest BCUT2D eigenvalue weighted by Crippen LogP contribution is -2.35. The van der Waals surface area contributed by atoms with Crippen LogP contribution in [-0.2, 0) is 4.79 Å². The van der Waals surface area contributed by atoms with Crippen molar-refractivity contribution in [2.24, 2.45) is 4.99 Å². The van der Waals surface area contributed by atoms with Crippen molar-refractivity contribution < 1.29 is 4.79 Å². The summed E-state index contributed by atoms with van der Waals surface area (Å²) in [7, 11) is 5.20. The molecule has 0 aromatic rings. The second-order valence-electron chi connectivity index (χ2n) is 2.88.